The molecule has 2 amide bonds. The maximum atomic E-state index is 13.0. The number of carbonyl (C=O) groups excluding carboxylic acids is 2. The van der Waals surface area contributed by atoms with E-state index in [1.165, 1.54) is 30.1 Å². The molecule has 2 N–H and O–H groups in total. The maximum Gasteiger partial charge on any atom is 0.418 e. The number of rotatable bonds is 6. The third-order valence-electron chi connectivity index (χ3n) is 3.63. The number of hydrogen-bond donors (Lipinski definition) is 2. The van der Waals surface area contributed by atoms with Crippen LogP contribution in [-0.2, 0) is 15.8 Å². The van der Waals surface area contributed by atoms with E-state index in [2.05, 4.69) is 10.6 Å². The normalized spacial score (nSPS) is 11.0. The van der Waals surface area contributed by atoms with Crippen molar-refractivity contribution in [2.45, 2.75) is 6.18 Å². The van der Waals surface area contributed by atoms with Crippen LogP contribution in [-0.4, -0.2) is 36.9 Å². The van der Waals surface area contributed by atoms with Crippen molar-refractivity contribution in [2.24, 2.45) is 0 Å². The first-order valence-electron chi connectivity index (χ1n) is 8.13. The van der Waals surface area contributed by atoms with E-state index in [0.717, 1.165) is 6.07 Å². The lowest BCUT2D eigenvalue weighted by atomic mass is 10.1. The molecule has 0 saturated carbocycles. The molecule has 0 fully saturated rings. The number of nitrogens with zero attached hydrogens (tertiary/aromatic N) is 2. The summed E-state index contributed by atoms with van der Waals surface area (Å²) in [6, 6.07) is 12.9. The predicted octanol–water partition coefficient (Wildman–Crippen LogP) is 3.09. The van der Waals surface area contributed by atoms with E-state index in [1.54, 1.807) is 24.3 Å². The molecule has 0 heterocycles. The highest BCUT2D eigenvalue weighted by Gasteiger charge is 2.33. The van der Waals surface area contributed by atoms with Crippen molar-refractivity contribution in [2.75, 3.05) is 30.8 Å². The molecule has 0 aliphatic rings. The number of hydrogen-bond acceptors (Lipinski definition) is 4. The van der Waals surface area contributed by atoms with Crippen LogP contribution in [0.3, 0.4) is 0 Å². The number of nitriles is 1. The molecule has 0 unspecified atom stereocenters. The Morgan fingerprint density at radius 2 is 1.57 bits per heavy atom. The van der Waals surface area contributed by atoms with E-state index in [0.29, 0.717) is 11.3 Å². The second-order valence-electron chi connectivity index (χ2n) is 6.00. The topological polar surface area (TPSA) is 85.2 Å². The van der Waals surface area contributed by atoms with Crippen LogP contribution in [0.2, 0.25) is 0 Å². The van der Waals surface area contributed by atoms with Gasteiger partial charge < -0.3 is 10.6 Å². The van der Waals surface area contributed by atoms with Crippen molar-refractivity contribution >= 4 is 23.2 Å². The molecule has 2 rings (SSSR count). The molecule has 0 aromatic heterocycles. The summed E-state index contributed by atoms with van der Waals surface area (Å²) in [5, 5.41) is 13.6. The summed E-state index contributed by atoms with van der Waals surface area (Å²) in [5.74, 6) is -1.08. The van der Waals surface area contributed by atoms with Gasteiger partial charge in [0.2, 0.25) is 11.8 Å². The van der Waals surface area contributed by atoms with E-state index in [1.807, 2.05) is 6.07 Å². The van der Waals surface area contributed by atoms with Gasteiger partial charge in [0.1, 0.15) is 0 Å². The van der Waals surface area contributed by atoms with Crippen molar-refractivity contribution in [3.8, 4) is 6.07 Å². The van der Waals surface area contributed by atoms with Crippen LogP contribution in [0.25, 0.3) is 0 Å². The zero-order chi connectivity index (χ0) is 20.7. The number of nitrogens with one attached hydrogen (secondary N) is 2. The lowest BCUT2D eigenvalue weighted by molar-refractivity contribution is -0.137. The molecule has 2 aromatic carbocycles. The van der Waals surface area contributed by atoms with Crippen LogP contribution < -0.4 is 10.6 Å². The van der Waals surface area contributed by atoms with E-state index in [-0.39, 0.29) is 18.8 Å². The molecule has 0 aliphatic carbocycles. The van der Waals surface area contributed by atoms with Crippen LogP contribution in [0.15, 0.2) is 48.5 Å². The second-order valence-corrected chi connectivity index (χ2v) is 6.00. The number of alkyl halides is 3. The molecule has 6 nitrogen and oxygen atoms in total. The Hall–Kier alpha value is -3.38. The molecular weight excluding hydrogens is 373 g/mol. The molecule has 0 aliphatic heterocycles. The summed E-state index contributed by atoms with van der Waals surface area (Å²) in [4.78, 5) is 25.4. The van der Waals surface area contributed by atoms with Crippen molar-refractivity contribution in [3.63, 3.8) is 0 Å². The number of amides is 2. The zero-order valence-electron chi connectivity index (χ0n) is 14.9. The average molecular weight is 390 g/mol. The van der Waals surface area contributed by atoms with Crippen molar-refractivity contribution < 1.29 is 22.8 Å². The fourth-order valence-corrected chi connectivity index (χ4v) is 2.40. The Bertz CT molecular complexity index is 889. The summed E-state index contributed by atoms with van der Waals surface area (Å²) in [7, 11) is 1.49. The van der Waals surface area contributed by atoms with Gasteiger partial charge in [0.15, 0.2) is 0 Å². The summed E-state index contributed by atoms with van der Waals surface area (Å²) in [6.07, 6.45) is -4.59. The van der Waals surface area contributed by atoms with Crippen molar-refractivity contribution in [1.29, 1.82) is 5.26 Å². The summed E-state index contributed by atoms with van der Waals surface area (Å²) in [6.45, 7) is -0.415. The van der Waals surface area contributed by atoms with Gasteiger partial charge in [-0.05, 0) is 43.4 Å². The highest BCUT2D eigenvalue weighted by molar-refractivity contribution is 5.95. The average Bonchev–Trinajstić information content (AvgIpc) is 2.61. The Balaban J connectivity index is 1.89. The molecule has 9 heteroatoms. The summed E-state index contributed by atoms with van der Waals surface area (Å²) >= 11 is 0. The van der Waals surface area contributed by atoms with Crippen LogP contribution in [0.5, 0.6) is 0 Å². The molecule has 0 bridgehead atoms. The monoisotopic (exact) mass is 390 g/mol. The van der Waals surface area contributed by atoms with Gasteiger partial charge in [-0.3, -0.25) is 14.5 Å². The third kappa shape index (κ3) is 6.10. The highest BCUT2D eigenvalue weighted by atomic mass is 19.4. The maximum absolute atomic E-state index is 13.0. The van der Waals surface area contributed by atoms with E-state index in [9.17, 15) is 22.8 Å². The number of likely N-dealkylation sites (N-methyl/N-ethyl adjacent to an activating group) is 1. The minimum absolute atomic E-state index is 0.145. The third-order valence-corrected chi connectivity index (χ3v) is 3.63. The fourth-order valence-electron chi connectivity index (χ4n) is 2.40. The molecule has 0 radical (unpaired) electrons. The zero-order valence-corrected chi connectivity index (χ0v) is 14.9. The van der Waals surface area contributed by atoms with Gasteiger partial charge in [0.05, 0.1) is 36.0 Å². The highest BCUT2D eigenvalue weighted by Crippen LogP contribution is 2.34. The first-order valence-corrected chi connectivity index (χ1v) is 8.13. The van der Waals surface area contributed by atoms with Crippen LogP contribution in [0, 0.1) is 11.3 Å². The SMILES string of the molecule is CN(CC(=O)Nc1ccc(C#N)cc1)CC(=O)Nc1ccccc1C(F)(F)F. The van der Waals surface area contributed by atoms with Gasteiger partial charge in [0, 0.05) is 5.69 Å². The Morgan fingerprint density at radius 3 is 2.14 bits per heavy atom. The lowest BCUT2D eigenvalue weighted by Gasteiger charge is -2.17. The largest absolute Gasteiger partial charge is 0.418 e. The van der Waals surface area contributed by atoms with Gasteiger partial charge in [-0.25, -0.2) is 0 Å². The molecular formula is C19H17F3N4O2. The molecule has 28 heavy (non-hydrogen) atoms. The van der Waals surface area contributed by atoms with Crippen molar-refractivity contribution in [1.82, 2.24) is 4.90 Å². The Kier molecular flexibility index (Phi) is 6.74. The Labute approximate surface area is 159 Å². The number of carbonyl (C=O) groups is 2. The van der Waals surface area contributed by atoms with Gasteiger partial charge in [0.25, 0.3) is 0 Å². The molecule has 146 valence electrons. The molecule has 0 atom stereocenters. The quantitative estimate of drug-likeness (QED) is 0.794. The first-order chi connectivity index (χ1) is 13.2. The molecule has 2 aromatic rings. The number of benzene rings is 2. The minimum Gasteiger partial charge on any atom is -0.325 e. The molecule has 0 saturated heterocycles. The summed E-state index contributed by atoms with van der Waals surface area (Å²) in [5.41, 5.74) is -0.341. The number of anilines is 2. The van der Waals surface area contributed by atoms with Crippen LogP contribution in [0.4, 0.5) is 24.5 Å². The van der Waals surface area contributed by atoms with Gasteiger partial charge in [-0.2, -0.15) is 18.4 Å². The fraction of sp³-hybridized carbons (Fsp3) is 0.211. The van der Waals surface area contributed by atoms with Crippen molar-refractivity contribution in [3.05, 3.63) is 59.7 Å². The van der Waals surface area contributed by atoms with E-state index < -0.39 is 23.6 Å². The predicted molar refractivity (Wildman–Crippen MR) is 97.4 cm³/mol. The number of halogens is 3. The van der Waals surface area contributed by atoms with E-state index >= 15 is 0 Å². The van der Waals surface area contributed by atoms with Gasteiger partial charge in [-0.1, -0.05) is 12.1 Å². The lowest BCUT2D eigenvalue weighted by Crippen LogP contribution is -2.36. The second kappa shape index (κ2) is 9.01. The van der Waals surface area contributed by atoms with Crippen LogP contribution in [0.1, 0.15) is 11.1 Å². The smallest absolute Gasteiger partial charge is 0.325 e. The Morgan fingerprint density at radius 1 is 1.00 bits per heavy atom. The standard InChI is InChI=1S/C19H17F3N4O2/c1-26(11-17(27)24-14-8-6-13(10-23)7-9-14)12-18(28)25-16-5-3-2-4-15(16)19(20,21)22/h2-9H,11-12H2,1H3,(H,24,27)(H,25,28). The van der Waals surface area contributed by atoms with Gasteiger partial charge >= 0.3 is 6.18 Å². The minimum atomic E-state index is -4.59. The molecule has 0 spiro atoms. The van der Waals surface area contributed by atoms with Gasteiger partial charge in [-0.15, -0.1) is 0 Å². The van der Waals surface area contributed by atoms with E-state index in [4.69, 9.17) is 5.26 Å². The summed E-state index contributed by atoms with van der Waals surface area (Å²) < 4.78 is 38.9. The first kappa shape index (κ1) is 20.9. The van der Waals surface area contributed by atoms with Crippen LogP contribution >= 0.6 is 0 Å². The number of para-hydroxylation sites is 1.